The van der Waals surface area contributed by atoms with Gasteiger partial charge in [0.1, 0.15) is 6.61 Å². The Labute approximate surface area is 120 Å². The van der Waals surface area contributed by atoms with Gasteiger partial charge in [-0.25, -0.2) is 0 Å². The van der Waals surface area contributed by atoms with E-state index in [0.717, 1.165) is 19.6 Å². The molecule has 0 amide bonds. The average Bonchev–Trinajstić information content (AvgIpc) is 2.49. The molecule has 0 saturated carbocycles. The first-order valence-corrected chi connectivity index (χ1v) is 7.14. The summed E-state index contributed by atoms with van der Waals surface area (Å²) in [6.07, 6.45) is 9.38. The van der Waals surface area contributed by atoms with Gasteiger partial charge in [-0.15, -0.1) is 12.3 Å². The average molecular weight is 275 g/mol. The standard InChI is InChI=1S/C14H21N5O/c1-3-5-11-20-14-17-12(15-4-2)16-13(18-14)19-9-7-6-8-10-19/h1H,4-11H2,2H3,(H,15,16,17,18). The van der Waals surface area contributed by atoms with Crippen molar-refractivity contribution in [3.63, 3.8) is 0 Å². The molecule has 0 bridgehead atoms. The second kappa shape index (κ2) is 7.53. The van der Waals surface area contributed by atoms with Crippen LogP contribution in [0, 0.1) is 12.3 Å². The number of piperidine rings is 1. The van der Waals surface area contributed by atoms with E-state index in [0.29, 0.717) is 30.9 Å². The minimum atomic E-state index is 0.340. The number of ether oxygens (including phenoxy) is 1. The summed E-state index contributed by atoms with van der Waals surface area (Å²) in [5.41, 5.74) is 0. The number of nitrogens with zero attached hydrogens (tertiary/aromatic N) is 4. The van der Waals surface area contributed by atoms with Gasteiger partial charge in [0.25, 0.3) is 0 Å². The highest BCUT2D eigenvalue weighted by molar-refractivity contribution is 5.38. The normalized spacial score (nSPS) is 14.7. The number of hydrogen-bond acceptors (Lipinski definition) is 6. The Morgan fingerprint density at radius 3 is 2.75 bits per heavy atom. The molecule has 1 aliphatic rings. The predicted octanol–water partition coefficient (Wildman–Crippen LogP) is 1.70. The Balaban J connectivity index is 2.14. The fourth-order valence-corrected chi connectivity index (χ4v) is 2.08. The minimum absolute atomic E-state index is 0.340. The third-order valence-corrected chi connectivity index (χ3v) is 3.05. The molecule has 20 heavy (non-hydrogen) atoms. The van der Waals surface area contributed by atoms with E-state index in [4.69, 9.17) is 11.2 Å². The highest BCUT2D eigenvalue weighted by Crippen LogP contribution is 2.19. The van der Waals surface area contributed by atoms with E-state index in [-0.39, 0.29) is 0 Å². The van der Waals surface area contributed by atoms with E-state index in [1.807, 2.05) is 6.92 Å². The van der Waals surface area contributed by atoms with Gasteiger partial charge in [0.05, 0.1) is 0 Å². The third kappa shape index (κ3) is 3.98. The lowest BCUT2D eigenvalue weighted by Gasteiger charge is -2.26. The molecular weight excluding hydrogens is 254 g/mol. The molecule has 1 aromatic rings. The second-order valence-corrected chi connectivity index (χ2v) is 4.62. The van der Waals surface area contributed by atoms with Gasteiger partial charge < -0.3 is 15.0 Å². The first kappa shape index (κ1) is 14.4. The molecule has 1 aromatic heterocycles. The Kier molecular flexibility index (Phi) is 5.42. The van der Waals surface area contributed by atoms with Gasteiger partial charge in [-0.2, -0.15) is 15.0 Å². The van der Waals surface area contributed by atoms with Crippen LogP contribution in [0.3, 0.4) is 0 Å². The van der Waals surface area contributed by atoms with Crippen molar-refractivity contribution in [2.45, 2.75) is 32.6 Å². The molecule has 2 rings (SSSR count). The maximum absolute atomic E-state index is 5.49. The SMILES string of the molecule is C#CCCOc1nc(NCC)nc(N2CCCCC2)n1. The number of anilines is 2. The summed E-state index contributed by atoms with van der Waals surface area (Å²) in [6, 6.07) is 0.340. The zero-order valence-corrected chi connectivity index (χ0v) is 11.9. The van der Waals surface area contributed by atoms with Crippen LogP contribution in [0.1, 0.15) is 32.6 Å². The van der Waals surface area contributed by atoms with Crippen LogP contribution >= 0.6 is 0 Å². The molecule has 0 aromatic carbocycles. The fraction of sp³-hybridized carbons (Fsp3) is 0.643. The summed E-state index contributed by atoms with van der Waals surface area (Å²) in [5, 5.41) is 3.11. The van der Waals surface area contributed by atoms with E-state index < -0.39 is 0 Å². The van der Waals surface area contributed by atoms with Gasteiger partial charge in [-0.05, 0) is 26.2 Å². The molecule has 0 spiro atoms. The molecule has 1 aliphatic heterocycles. The Morgan fingerprint density at radius 1 is 1.25 bits per heavy atom. The van der Waals surface area contributed by atoms with Gasteiger partial charge >= 0.3 is 6.01 Å². The smallest absolute Gasteiger partial charge is 0.323 e. The van der Waals surface area contributed by atoms with Gasteiger partial charge in [-0.3, -0.25) is 0 Å². The summed E-state index contributed by atoms with van der Waals surface area (Å²) in [7, 11) is 0. The number of rotatable bonds is 6. The summed E-state index contributed by atoms with van der Waals surface area (Å²) in [6.45, 7) is 5.15. The Bertz CT molecular complexity index is 465. The highest BCUT2D eigenvalue weighted by atomic mass is 16.5. The fourth-order valence-electron chi connectivity index (χ4n) is 2.08. The van der Waals surface area contributed by atoms with Crippen LogP contribution in [0.5, 0.6) is 6.01 Å². The van der Waals surface area contributed by atoms with Crippen molar-refractivity contribution in [2.75, 3.05) is 36.5 Å². The molecule has 0 atom stereocenters. The Morgan fingerprint density at radius 2 is 2.05 bits per heavy atom. The summed E-state index contributed by atoms with van der Waals surface area (Å²) in [5.74, 6) is 3.77. The zero-order valence-electron chi connectivity index (χ0n) is 11.9. The van der Waals surface area contributed by atoms with E-state index in [2.05, 4.69) is 31.1 Å². The molecule has 2 heterocycles. The van der Waals surface area contributed by atoms with E-state index >= 15 is 0 Å². The van der Waals surface area contributed by atoms with Crippen molar-refractivity contribution >= 4 is 11.9 Å². The number of hydrogen-bond donors (Lipinski definition) is 1. The van der Waals surface area contributed by atoms with Crippen molar-refractivity contribution in [3.8, 4) is 18.4 Å². The van der Waals surface area contributed by atoms with Crippen LogP contribution < -0.4 is 15.0 Å². The molecule has 0 aliphatic carbocycles. The van der Waals surface area contributed by atoms with Crippen LogP contribution in [0.2, 0.25) is 0 Å². The maximum atomic E-state index is 5.49. The minimum Gasteiger partial charge on any atom is -0.462 e. The summed E-state index contributed by atoms with van der Waals surface area (Å²) in [4.78, 5) is 15.3. The van der Waals surface area contributed by atoms with Crippen molar-refractivity contribution in [1.29, 1.82) is 0 Å². The lowest BCUT2D eigenvalue weighted by Crippen LogP contribution is -2.31. The molecule has 1 fully saturated rings. The van der Waals surface area contributed by atoms with Gasteiger partial charge in [0, 0.05) is 26.1 Å². The van der Waals surface area contributed by atoms with E-state index in [9.17, 15) is 0 Å². The summed E-state index contributed by atoms with van der Waals surface area (Å²) >= 11 is 0. The van der Waals surface area contributed by atoms with Crippen molar-refractivity contribution < 1.29 is 4.74 Å². The molecule has 6 heteroatoms. The van der Waals surface area contributed by atoms with E-state index in [1.165, 1.54) is 19.3 Å². The van der Waals surface area contributed by atoms with Gasteiger partial charge in [-0.1, -0.05) is 0 Å². The van der Waals surface area contributed by atoms with Gasteiger partial charge in [0.15, 0.2) is 0 Å². The molecule has 1 saturated heterocycles. The van der Waals surface area contributed by atoms with Crippen LogP contribution in [-0.2, 0) is 0 Å². The lowest BCUT2D eigenvalue weighted by atomic mass is 10.1. The highest BCUT2D eigenvalue weighted by Gasteiger charge is 2.16. The summed E-state index contributed by atoms with van der Waals surface area (Å²) < 4.78 is 5.49. The quantitative estimate of drug-likeness (QED) is 0.630. The number of aromatic nitrogens is 3. The molecular formula is C14H21N5O. The first-order valence-electron chi connectivity index (χ1n) is 7.14. The van der Waals surface area contributed by atoms with Crippen LogP contribution in [0.15, 0.2) is 0 Å². The van der Waals surface area contributed by atoms with Crippen LogP contribution in [0.4, 0.5) is 11.9 Å². The molecule has 6 nitrogen and oxygen atoms in total. The van der Waals surface area contributed by atoms with Crippen LogP contribution in [0.25, 0.3) is 0 Å². The maximum Gasteiger partial charge on any atom is 0.323 e. The van der Waals surface area contributed by atoms with Gasteiger partial charge in [0.2, 0.25) is 11.9 Å². The van der Waals surface area contributed by atoms with Crippen molar-refractivity contribution in [3.05, 3.63) is 0 Å². The lowest BCUT2D eigenvalue weighted by molar-refractivity contribution is 0.300. The molecule has 108 valence electrons. The third-order valence-electron chi connectivity index (χ3n) is 3.05. The van der Waals surface area contributed by atoms with Crippen molar-refractivity contribution in [2.24, 2.45) is 0 Å². The van der Waals surface area contributed by atoms with Crippen LogP contribution in [-0.4, -0.2) is 41.2 Å². The molecule has 0 unspecified atom stereocenters. The number of terminal acetylenes is 1. The number of nitrogens with one attached hydrogen (secondary N) is 1. The van der Waals surface area contributed by atoms with E-state index in [1.54, 1.807) is 0 Å². The first-order chi connectivity index (χ1) is 9.83. The largest absolute Gasteiger partial charge is 0.462 e. The molecule has 1 N–H and O–H groups in total. The predicted molar refractivity (Wildman–Crippen MR) is 79.0 cm³/mol. The zero-order chi connectivity index (χ0) is 14.2. The topological polar surface area (TPSA) is 63.2 Å². The Hall–Kier alpha value is -2.03. The monoisotopic (exact) mass is 275 g/mol. The van der Waals surface area contributed by atoms with Crippen molar-refractivity contribution in [1.82, 2.24) is 15.0 Å². The molecule has 0 radical (unpaired) electrons. The second-order valence-electron chi connectivity index (χ2n) is 4.62.